The van der Waals surface area contributed by atoms with Crippen LogP contribution in [0.1, 0.15) is 29.1 Å². The third kappa shape index (κ3) is 3.28. The topological polar surface area (TPSA) is 38.5 Å². The van der Waals surface area contributed by atoms with Crippen LogP contribution in [-0.2, 0) is 4.74 Å². The molecule has 2 rings (SSSR count). The highest BCUT2D eigenvalue weighted by Gasteiger charge is 2.24. The predicted molar refractivity (Wildman–Crippen MR) is 72.5 cm³/mol. The summed E-state index contributed by atoms with van der Waals surface area (Å²) in [6, 6.07) is 4.76. The summed E-state index contributed by atoms with van der Waals surface area (Å²) in [4.78, 5) is 5.22. The molecule has 96 valence electrons. The molecule has 0 amide bonds. The molecule has 0 saturated carbocycles. The van der Waals surface area contributed by atoms with Gasteiger partial charge in [-0.3, -0.25) is 4.90 Å². The summed E-state index contributed by atoms with van der Waals surface area (Å²) >= 11 is 1.86. The molecule has 2 atom stereocenters. The zero-order valence-electron chi connectivity index (χ0n) is 10.7. The standard InChI is InChI=1S/C13H22N2OS/c1-10-9-15(6-3-7-16-10)12(8-14)13-5-4-11(2)17-13/h4-5,10,12H,3,6-9,14H2,1-2H3. The fraction of sp³-hybridized carbons (Fsp3) is 0.692. The van der Waals surface area contributed by atoms with Crippen LogP contribution in [0.2, 0.25) is 0 Å². The Labute approximate surface area is 108 Å². The molecule has 2 unspecified atom stereocenters. The largest absolute Gasteiger partial charge is 0.377 e. The number of hydrogen-bond donors (Lipinski definition) is 1. The number of rotatable bonds is 3. The smallest absolute Gasteiger partial charge is 0.0674 e. The molecule has 1 aromatic heterocycles. The first-order chi connectivity index (χ1) is 8.20. The first-order valence-electron chi connectivity index (χ1n) is 6.32. The van der Waals surface area contributed by atoms with Gasteiger partial charge in [0.15, 0.2) is 0 Å². The van der Waals surface area contributed by atoms with Gasteiger partial charge in [0.2, 0.25) is 0 Å². The average Bonchev–Trinajstić information content (AvgIpc) is 2.59. The Morgan fingerprint density at radius 1 is 1.59 bits per heavy atom. The monoisotopic (exact) mass is 254 g/mol. The van der Waals surface area contributed by atoms with E-state index in [1.165, 1.54) is 9.75 Å². The highest BCUT2D eigenvalue weighted by atomic mass is 32.1. The van der Waals surface area contributed by atoms with Gasteiger partial charge in [-0.15, -0.1) is 11.3 Å². The van der Waals surface area contributed by atoms with Crippen LogP contribution in [0.3, 0.4) is 0 Å². The second-order valence-corrected chi connectivity index (χ2v) is 6.05. The second-order valence-electron chi connectivity index (χ2n) is 4.73. The quantitative estimate of drug-likeness (QED) is 0.898. The lowest BCUT2D eigenvalue weighted by Crippen LogP contribution is -2.37. The first-order valence-corrected chi connectivity index (χ1v) is 7.14. The number of thiophene rings is 1. The molecule has 2 heterocycles. The van der Waals surface area contributed by atoms with E-state index in [2.05, 4.69) is 30.9 Å². The van der Waals surface area contributed by atoms with E-state index in [0.717, 1.165) is 26.1 Å². The molecule has 0 aliphatic carbocycles. The van der Waals surface area contributed by atoms with Crippen molar-refractivity contribution in [3.63, 3.8) is 0 Å². The van der Waals surface area contributed by atoms with Gasteiger partial charge in [0.1, 0.15) is 0 Å². The second kappa shape index (κ2) is 5.96. The molecule has 1 aromatic rings. The SMILES string of the molecule is Cc1ccc(C(CN)N2CCCOC(C)C2)s1. The van der Waals surface area contributed by atoms with Gasteiger partial charge in [-0.05, 0) is 32.4 Å². The van der Waals surface area contributed by atoms with Crippen molar-refractivity contribution in [2.45, 2.75) is 32.4 Å². The molecule has 1 fully saturated rings. The molecule has 3 nitrogen and oxygen atoms in total. The van der Waals surface area contributed by atoms with Gasteiger partial charge in [0, 0.05) is 36.0 Å². The highest BCUT2D eigenvalue weighted by molar-refractivity contribution is 7.12. The van der Waals surface area contributed by atoms with Crippen molar-refractivity contribution in [1.82, 2.24) is 4.90 Å². The third-order valence-electron chi connectivity index (χ3n) is 3.24. The number of ether oxygens (including phenoxy) is 1. The minimum absolute atomic E-state index is 0.313. The Kier molecular flexibility index (Phi) is 4.56. The average molecular weight is 254 g/mol. The Bertz CT molecular complexity index is 353. The van der Waals surface area contributed by atoms with Crippen LogP contribution in [0.25, 0.3) is 0 Å². The summed E-state index contributed by atoms with van der Waals surface area (Å²) < 4.78 is 5.69. The van der Waals surface area contributed by atoms with E-state index < -0.39 is 0 Å². The lowest BCUT2D eigenvalue weighted by molar-refractivity contribution is 0.0614. The van der Waals surface area contributed by atoms with E-state index in [0.29, 0.717) is 18.7 Å². The van der Waals surface area contributed by atoms with Gasteiger partial charge >= 0.3 is 0 Å². The molecule has 1 aliphatic heterocycles. The lowest BCUT2D eigenvalue weighted by atomic mass is 10.2. The van der Waals surface area contributed by atoms with Crippen molar-refractivity contribution in [1.29, 1.82) is 0 Å². The Balaban J connectivity index is 2.11. The van der Waals surface area contributed by atoms with E-state index in [1.807, 2.05) is 11.3 Å². The number of nitrogens with zero attached hydrogens (tertiary/aromatic N) is 1. The fourth-order valence-electron chi connectivity index (χ4n) is 2.39. The van der Waals surface area contributed by atoms with Crippen molar-refractivity contribution in [3.8, 4) is 0 Å². The Morgan fingerprint density at radius 3 is 3.06 bits per heavy atom. The molecule has 0 spiro atoms. The lowest BCUT2D eigenvalue weighted by Gasteiger charge is -2.29. The van der Waals surface area contributed by atoms with Gasteiger partial charge < -0.3 is 10.5 Å². The summed E-state index contributed by atoms with van der Waals surface area (Å²) in [6.07, 6.45) is 1.41. The maximum absolute atomic E-state index is 5.97. The van der Waals surface area contributed by atoms with E-state index in [-0.39, 0.29) is 0 Å². The molecule has 17 heavy (non-hydrogen) atoms. The Morgan fingerprint density at radius 2 is 2.41 bits per heavy atom. The van der Waals surface area contributed by atoms with Crippen LogP contribution in [-0.4, -0.2) is 37.2 Å². The third-order valence-corrected chi connectivity index (χ3v) is 4.34. The van der Waals surface area contributed by atoms with E-state index in [1.54, 1.807) is 0 Å². The number of nitrogens with two attached hydrogens (primary N) is 1. The van der Waals surface area contributed by atoms with Crippen LogP contribution >= 0.6 is 11.3 Å². The summed E-state index contributed by atoms with van der Waals surface area (Å²) in [7, 11) is 0. The first kappa shape index (κ1) is 13.0. The summed E-state index contributed by atoms with van der Waals surface area (Å²) in [5, 5.41) is 0. The van der Waals surface area contributed by atoms with Crippen molar-refractivity contribution < 1.29 is 4.74 Å². The van der Waals surface area contributed by atoms with E-state index >= 15 is 0 Å². The van der Waals surface area contributed by atoms with Gasteiger partial charge in [0.05, 0.1) is 12.1 Å². The predicted octanol–water partition coefficient (Wildman–Crippen LogP) is 2.17. The van der Waals surface area contributed by atoms with Crippen LogP contribution in [0, 0.1) is 6.92 Å². The highest BCUT2D eigenvalue weighted by Crippen LogP contribution is 2.28. The minimum Gasteiger partial charge on any atom is -0.377 e. The molecule has 0 radical (unpaired) electrons. The molecular weight excluding hydrogens is 232 g/mol. The maximum atomic E-state index is 5.97. The molecular formula is C13H22N2OS. The van der Waals surface area contributed by atoms with Gasteiger partial charge in [-0.1, -0.05) is 0 Å². The molecule has 0 bridgehead atoms. The molecule has 2 N–H and O–H groups in total. The van der Waals surface area contributed by atoms with Crippen molar-refractivity contribution in [2.24, 2.45) is 5.73 Å². The molecule has 4 heteroatoms. The van der Waals surface area contributed by atoms with Crippen LogP contribution in [0.15, 0.2) is 12.1 Å². The van der Waals surface area contributed by atoms with Gasteiger partial charge in [-0.25, -0.2) is 0 Å². The molecule has 1 aliphatic rings. The van der Waals surface area contributed by atoms with Crippen LogP contribution < -0.4 is 5.73 Å². The molecule has 0 aromatic carbocycles. The summed E-state index contributed by atoms with van der Waals surface area (Å²) in [6.45, 7) is 7.93. The zero-order valence-corrected chi connectivity index (χ0v) is 11.5. The van der Waals surface area contributed by atoms with E-state index in [9.17, 15) is 0 Å². The summed E-state index contributed by atoms with van der Waals surface area (Å²) in [5.74, 6) is 0. The van der Waals surface area contributed by atoms with Crippen molar-refractivity contribution in [2.75, 3.05) is 26.2 Å². The van der Waals surface area contributed by atoms with Crippen molar-refractivity contribution >= 4 is 11.3 Å². The molecule has 1 saturated heterocycles. The van der Waals surface area contributed by atoms with Crippen LogP contribution in [0.5, 0.6) is 0 Å². The van der Waals surface area contributed by atoms with Gasteiger partial charge in [-0.2, -0.15) is 0 Å². The van der Waals surface area contributed by atoms with Crippen LogP contribution in [0.4, 0.5) is 0 Å². The number of aryl methyl sites for hydroxylation is 1. The van der Waals surface area contributed by atoms with E-state index in [4.69, 9.17) is 10.5 Å². The Hall–Kier alpha value is -0.420. The minimum atomic E-state index is 0.313. The normalized spacial score (nSPS) is 24.5. The maximum Gasteiger partial charge on any atom is 0.0674 e. The summed E-state index contributed by atoms with van der Waals surface area (Å²) in [5.41, 5.74) is 5.97. The van der Waals surface area contributed by atoms with Crippen molar-refractivity contribution in [3.05, 3.63) is 21.9 Å². The fourth-order valence-corrected chi connectivity index (χ4v) is 3.41. The zero-order chi connectivity index (χ0) is 12.3. The van der Waals surface area contributed by atoms with Gasteiger partial charge in [0.25, 0.3) is 0 Å². The number of hydrogen-bond acceptors (Lipinski definition) is 4.